The molecule has 3 heterocycles. The van der Waals surface area contributed by atoms with Crippen LogP contribution >= 0.6 is 0 Å². The molecule has 1 amide bonds. The molecule has 0 atom stereocenters. The van der Waals surface area contributed by atoms with Gasteiger partial charge in [-0.25, -0.2) is 0 Å². The second-order valence-corrected chi connectivity index (χ2v) is 8.87. The van der Waals surface area contributed by atoms with Gasteiger partial charge in [-0.05, 0) is 74.9 Å². The third-order valence-electron chi connectivity index (χ3n) is 6.74. The number of rotatable bonds is 8. The van der Waals surface area contributed by atoms with E-state index in [1.54, 1.807) is 12.4 Å². The van der Waals surface area contributed by atoms with Crippen LogP contribution in [0, 0.1) is 5.92 Å². The standard InChI is InChI=1S/C25H34N4O/c30-25(11-10-23-7-3-4-15-27-23)29(20-22-6-5-14-26-18-22)19-21-12-16-28(17-13-21)24-8-1-2-9-24/h3-7,14-15,18,21,24H,1-2,8-13,16-17,19-20H2. The molecule has 5 nitrogen and oxygen atoms in total. The fourth-order valence-electron chi connectivity index (χ4n) is 4.99. The number of amides is 1. The molecule has 2 aromatic heterocycles. The summed E-state index contributed by atoms with van der Waals surface area (Å²) in [6.45, 7) is 3.89. The van der Waals surface area contributed by atoms with Crippen LogP contribution < -0.4 is 0 Å². The van der Waals surface area contributed by atoms with Gasteiger partial charge in [0.2, 0.25) is 5.91 Å². The second-order valence-electron chi connectivity index (χ2n) is 8.87. The Bertz CT molecular complexity index is 768. The maximum Gasteiger partial charge on any atom is 0.223 e. The van der Waals surface area contributed by atoms with Crippen LogP contribution in [0.15, 0.2) is 48.9 Å². The first-order chi connectivity index (χ1) is 14.8. The third kappa shape index (κ3) is 5.88. The van der Waals surface area contributed by atoms with Gasteiger partial charge in [0.05, 0.1) is 0 Å². The topological polar surface area (TPSA) is 49.3 Å². The molecule has 0 unspecified atom stereocenters. The largest absolute Gasteiger partial charge is 0.338 e. The van der Waals surface area contributed by atoms with Gasteiger partial charge in [0.25, 0.3) is 0 Å². The van der Waals surface area contributed by atoms with Crippen LogP contribution in [0.2, 0.25) is 0 Å². The first-order valence-corrected chi connectivity index (χ1v) is 11.6. The molecular weight excluding hydrogens is 372 g/mol. The summed E-state index contributed by atoms with van der Waals surface area (Å²) < 4.78 is 0. The predicted molar refractivity (Wildman–Crippen MR) is 119 cm³/mol. The number of hydrogen-bond donors (Lipinski definition) is 0. The van der Waals surface area contributed by atoms with Gasteiger partial charge in [0, 0.05) is 49.8 Å². The average Bonchev–Trinajstić information content (AvgIpc) is 3.34. The van der Waals surface area contributed by atoms with E-state index in [-0.39, 0.29) is 5.91 Å². The first-order valence-electron chi connectivity index (χ1n) is 11.6. The molecule has 160 valence electrons. The molecule has 0 bridgehead atoms. The van der Waals surface area contributed by atoms with E-state index in [0.717, 1.165) is 23.8 Å². The summed E-state index contributed by atoms with van der Waals surface area (Å²) in [6.07, 6.45) is 14.6. The van der Waals surface area contributed by atoms with Crippen molar-refractivity contribution in [3.63, 3.8) is 0 Å². The molecule has 1 saturated carbocycles. The van der Waals surface area contributed by atoms with E-state index in [0.29, 0.717) is 25.3 Å². The number of carbonyl (C=O) groups is 1. The summed E-state index contributed by atoms with van der Waals surface area (Å²) >= 11 is 0. The number of nitrogens with zero attached hydrogens (tertiary/aromatic N) is 4. The van der Waals surface area contributed by atoms with Crippen LogP contribution in [0.4, 0.5) is 0 Å². The summed E-state index contributed by atoms with van der Waals surface area (Å²) in [5, 5.41) is 0. The molecule has 2 fully saturated rings. The zero-order valence-corrected chi connectivity index (χ0v) is 18.0. The van der Waals surface area contributed by atoms with Crippen molar-refractivity contribution in [2.24, 2.45) is 5.92 Å². The Hall–Kier alpha value is -2.27. The van der Waals surface area contributed by atoms with Crippen LogP contribution in [-0.4, -0.2) is 51.4 Å². The number of carbonyl (C=O) groups excluding carboxylic acids is 1. The predicted octanol–water partition coefficient (Wildman–Crippen LogP) is 4.09. The van der Waals surface area contributed by atoms with Crippen LogP contribution in [0.3, 0.4) is 0 Å². The lowest BCUT2D eigenvalue weighted by Crippen LogP contribution is -2.43. The Morgan fingerprint density at radius 3 is 2.57 bits per heavy atom. The smallest absolute Gasteiger partial charge is 0.223 e. The zero-order valence-electron chi connectivity index (χ0n) is 18.0. The molecule has 5 heteroatoms. The molecule has 1 saturated heterocycles. The number of aromatic nitrogens is 2. The average molecular weight is 407 g/mol. The number of likely N-dealkylation sites (tertiary alicyclic amines) is 1. The van der Waals surface area contributed by atoms with Crippen molar-refractivity contribution < 1.29 is 4.79 Å². The quantitative estimate of drug-likeness (QED) is 0.662. The molecule has 4 rings (SSSR count). The molecule has 0 radical (unpaired) electrons. The highest BCUT2D eigenvalue weighted by atomic mass is 16.2. The molecule has 30 heavy (non-hydrogen) atoms. The first kappa shape index (κ1) is 21.0. The number of pyridine rings is 2. The lowest BCUT2D eigenvalue weighted by Gasteiger charge is -2.38. The van der Waals surface area contributed by atoms with Crippen molar-refractivity contribution in [1.29, 1.82) is 0 Å². The zero-order chi connectivity index (χ0) is 20.6. The normalized spacial score (nSPS) is 18.5. The molecule has 0 N–H and O–H groups in total. The van der Waals surface area contributed by atoms with Crippen molar-refractivity contribution >= 4 is 5.91 Å². The highest BCUT2D eigenvalue weighted by molar-refractivity contribution is 5.76. The third-order valence-corrected chi connectivity index (χ3v) is 6.74. The second kappa shape index (κ2) is 10.7. The molecule has 1 aliphatic heterocycles. The van der Waals surface area contributed by atoms with Gasteiger partial charge in [-0.3, -0.25) is 14.8 Å². The van der Waals surface area contributed by atoms with E-state index >= 15 is 0 Å². The molecule has 2 aliphatic rings. The number of piperidine rings is 1. The fraction of sp³-hybridized carbons (Fsp3) is 0.560. The Morgan fingerprint density at radius 2 is 1.87 bits per heavy atom. The van der Waals surface area contributed by atoms with E-state index in [1.165, 1.54) is 51.6 Å². The van der Waals surface area contributed by atoms with Gasteiger partial charge in [-0.1, -0.05) is 25.0 Å². The highest BCUT2D eigenvalue weighted by Crippen LogP contribution is 2.28. The van der Waals surface area contributed by atoms with Gasteiger partial charge in [0.1, 0.15) is 0 Å². The minimum Gasteiger partial charge on any atom is -0.338 e. The number of hydrogen-bond acceptors (Lipinski definition) is 4. The fourth-order valence-corrected chi connectivity index (χ4v) is 4.99. The van der Waals surface area contributed by atoms with Crippen LogP contribution in [0.1, 0.15) is 56.2 Å². The maximum absolute atomic E-state index is 13.1. The summed E-state index contributed by atoms with van der Waals surface area (Å²) in [5.74, 6) is 0.820. The Balaban J connectivity index is 1.34. The summed E-state index contributed by atoms with van der Waals surface area (Å²) in [4.78, 5) is 26.5. The van der Waals surface area contributed by atoms with Crippen LogP contribution in [0.5, 0.6) is 0 Å². The van der Waals surface area contributed by atoms with Crippen LogP contribution in [-0.2, 0) is 17.8 Å². The maximum atomic E-state index is 13.1. The van der Waals surface area contributed by atoms with E-state index < -0.39 is 0 Å². The van der Waals surface area contributed by atoms with Crippen molar-refractivity contribution in [1.82, 2.24) is 19.8 Å². The molecule has 0 spiro atoms. The minimum absolute atomic E-state index is 0.225. The highest BCUT2D eigenvalue weighted by Gasteiger charge is 2.28. The van der Waals surface area contributed by atoms with Gasteiger partial charge in [-0.15, -0.1) is 0 Å². The Morgan fingerprint density at radius 1 is 1.03 bits per heavy atom. The van der Waals surface area contributed by atoms with E-state index in [2.05, 4.69) is 25.8 Å². The van der Waals surface area contributed by atoms with Gasteiger partial charge in [0.15, 0.2) is 0 Å². The van der Waals surface area contributed by atoms with Crippen molar-refractivity contribution in [3.05, 3.63) is 60.2 Å². The number of aryl methyl sites for hydroxylation is 1. The Kier molecular flexibility index (Phi) is 7.46. The van der Waals surface area contributed by atoms with E-state index in [9.17, 15) is 4.79 Å². The van der Waals surface area contributed by atoms with Gasteiger partial charge in [-0.2, -0.15) is 0 Å². The molecule has 0 aromatic carbocycles. The molecular formula is C25H34N4O. The van der Waals surface area contributed by atoms with E-state index in [4.69, 9.17) is 0 Å². The SMILES string of the molecule is O=C(CCc1ccccn1)N(Cc1cccnc1)CC1CCN(C2CCCC2)CC1. The summed E-state index contributed by atoms with van der Waals surface area (Å²) in [7, 11) is 0. The summed E-state index contributed by atoms with van der Waals surface area (Å²) in [6, 6.07) is 10.7. The molecule has 2 aromatic rings. The minimum atomic E-state index is 0.225. The van der Waals surface area contributed by atoms with Crippen molar-refractivity contribution in [2.75, 3.05) is 19.6 Å². The van der Waals surface area contributed by atoms with Crippen LogP contribution in [0.25, 0.3) is 0 Å². The van der Waals surface area contributed by atoms with Gasteiger partial charge >= 0.3 is 0 Å². The van der Waals surface area contributed by atoms with E-state index in [1.807, 2.05) is 30.5 Å². The van der Waals surface area contributed by atoms with Gasteiger partial charge < -0.3 is 9.80 Å². The lowest BCUT2D eigenvalue weighted by molar-refractivity contribution is -0.132. The lowest BCUT2D eigenvalue weighted by atomic mass is 9.94. The monoisotopic (exact) mass is 406 g/mol. The van der Waals surface area contributed by atoms with Crippen molar-refractivity contribution in [3.8, 4) is 0 Å². The Labute approximate surface area is 180 Å². The van der Waals surface area contributed by atoms with Crippen molar-refractivity contribution in [2.45, 2.75) is 64.0 Å². The summed E-state index contributed by atoms with van der Waals surface area (Å²) in [5.41, 5.74) is 2.09. The molecule has 1 aliphatic carbocycles.